The Morgan fingerprint density at radius 2 is 2.00 bits per heavy atom. The highest BCUT2D eigenvalue weighted by Crippen LogP contribution is 2.17. The molecule has 1 aliphatic rings. The first-order chi connectivity index (χ1) is 8.49. The first-order valence-corrected chi connectivity index (χ1v) is 7.41. The van der Waals surface area contributed by atoms with Gasteiger partial charge in [0.15, 0.2) is 0 Å². The van der Waals surface area contributed by atoms with Gasteiger partial charge in [0.25, 0.3) is 10.0 Å². The van der Waals surface area contributed by atoms with Crippen LogP contribution < -0.4 is 4.83 Å². The Balaban J connectivity index is 2.11. The Morgan fingerprint density at radius 3 is 2.61 bits per heavy atom. The van der Waals surface area contributed by atoms with Gasteiger partial charge < -0.3 is 4.90 Å². The second-order valence-electron chi connectivity index (χ2n) is 4.18. The number of aromatic nitrogens is 1. The van der Waals surface area contributed by atoms with Crippen molar-refractivity contribution in [2.75, 3.05) is 33.2 Å². The summed E-state index contributed by atoms with van der Waals surface area (Å²) in [6.45, 7) is 2.94. The Morgan fingerprint density at radius 1 is 1.33 bits per heavy atom. The number of hydrazine groups is 1. The summed E-state index contributed by atoms with van der Waals surface area (Å²) >= 11 is 5.79. The van der Waals surface area contributed by atoms with Gasteiger partial charge in [-0.1, -0.05) is 11.6 Å². The molecule has 0 unspecified atom stereocenters. The molecular formula is C10H15ClN4O2S. The summed E-state index contributed by atoms with van der Waals surface area (Å²) in [5, 5.41) is 1.66. The van der Waals surface area contributed by atoms with Gasteiger partial charge in [-0.05, 0) is 19.2 Å². The molecule has 0 atom stereocenters. The number of rotatable bonds is 3. The van der Waals surface area contributed by atoms with Crippen molar-refractivity contribution in [2.24, 2.45) is 0 Å². The van der Waals surface area contributed by atoms with E-state index < -0.39 is 10.0 Å². The lowest BCUT2D eigenvalue weighted by Gasteiger charge is -2.32. The molecule has 18 heavy (non-hydrogen) atoms. The standard InChI is InChI=1S/C10H15ClN4O2S/c1-14-5-7-15(8-6-14)13-18(16,17)9-3-2-4-12-10(9)11/h2-4,13H,5-8H2,1H3. The van der Waals surface area contributed by atoms with Gasteiger partial charge in [-0.15, -0.1) is 4.83 Å². The fourth-order valence-corrected chi connectivity index (χ4v) is 3.27. The lowest BCUT2D eigenvalue weighted by Crippen LogP contribution is -2.52. The fraction of sp³-hybridized carbons (Fsp3) is 0.500. The van der Waals surface area contributed by atoms with Gasteiger partial charge in [0.05, 0.1) is 0 Å². The topological polar surface area (TPSA) is 65.5 Å². The maximum atomic E-state index is 12.1. The third-order valence-corrected chi connectivity index (χ3v) is 4.59. The van der Waals surface area contributed by atoms with Crippen LogP contribution in [-0.2, 0) is 10.0 Å². The zero-order valence-corrected chi connectivity index (χ0v) is 11.6. The number of hydrogen-bond acceptors (Lipinski definition) is 5. The van der Waals surface area contributed by atoms with E-state index in [0.29, 0.717) is 13.1 Å². The predicted molar refractivity (Wildman–Crippen MR) is 68.6 cm³/mol. The minimum absolute atomic E-state index is 0.00518. The van der Waals surface area contributed by atoms with Crippen LogP contribution in [0.5, 0.6) is 0 Å². The largest absolute Gasteiger partial charge is 0.304 e. The Labute approximate surface area is 112 Å². The number of nitrogens with one attached hydrogen (secondary N) is 1. The quantitative estimate of drug-likeness (QED) is 0.804. The van der Waals surface area contributed by atoms with Crippen LogP contribution in [0.1, 0.15) is 0 Å². The molecule has 1 N–H and O–H groups in total. The lowest BCUT2D eigenvalue weighted by molar-refractivity contribution is 0.135. The summed E-state index contributed by atoms with van der Waals surface area (Å²) in [4.78, 5) is 8.44. The molecule has 1 aromatic rings. The van der Waals surface area contributed by atoms with Crippen molar-refractivity contribution in [1.29, 1.82) is 0 Å². The minimum Gasteiger partial charge on any atom is -0.304 e. The first kappa shape index (κ1) is 13.7. The highest BCUT2D eigenvalue weighted by Gasteiger charge is 2.23. The molecule has 1 aromatic heterocycles. The van der Waals surface area contributed by atoms with E-state index in [-0.39, 0.29) is 10.0 Å². The van der Waals surface area contributed by atoms with Gasteiger partial charge in [-0.2, -0.15) is 0 Å². The third kappa shape index (κ3) is 3.18. The van der Waals surface area contributed by atoms with Crippen molar-refractivity contribution in [1.82, 2.24) is 19.7 Å². The van der Waals surface area contributed by atoms with E-state index >= 15 is 0 Å². The van der Waals surface area contributed by atoms with Gasteiger partial charge in [0.2, 0.25) is 0 Å². The van der Waals surface area contributed by atoms with E-state index in [2.05, 4.69) is 14.7 Å². The highest BCUT2D eigenvalue weighted by molar-refractivity contribution is 7.89. The molecule has 1 saturated heterocycles. The van der Waals surface area contributed by atoms with Crippen LogP contribution in [0, 0.1) is 0 Å². The Kier molecular flexibility index (Phi) is 4.18. The highest BCUT2D eigenvalue weighted by atomic mass is 35.5. The number of likely N-dealkylation sites (N-methyl/N-ethyl adjacent to an activating group) is 1. The summed E-state index contributed by atoms with van der Waals surface area (Å²) in [6.07, 6.45) is 1.46. The first-order valence-electron chi connectivity index (χ1n) is 5.55. The number of nitrogens with zero attached hydrogens (tertiary/aromatic N) is 3. The molecule has 0 spiro atoms. The second-order valence-corrected chi connectivity index (χ2v) is 6.16. The molecule has 0 aromatic carbocycles. The van der Waals surface area contributed by atoms with E-state index in [9.17, 15) is 8.42 Å². The molecule has 1 fully saturated rings. The van der Waals surface area contributed by atoms with Crippen LogP contribution in [0.3, 0.4) is 0 Å². The number of sulfonamides is 1. The molecular weight excluding hydrogens is 276 g/mol. The van der Waals surface area contributed by atoms with Gasteiger partial charge in [-0.3, -0.25) is 0 Å². The van der Waals surface area contributed by atoms with Crippen LogP contribution in [0.2, 0.25) is 5.15 Å². The van der Waals surface area contributed by atoms with Crippen LogP contribution in [0.4, 0.5) is 0 Å². The summed E-state index contributed by atoms with van der Waals surface area (Å²) < 4.78 is 24.2. The second kappa shape index (κ2) is 5.50. The Hall–Kier alpha value is -0.730. The number of pyridine rings is 1. The molecule has 0 saturated carbocycles. The van der Waals surface area contributed by atoms with Gasteiger partial charge in [0.1, 0.15) is 10.0 Å². The summed E-state index contributed by atoms with van der Waals surface area (Å²) in [7, 11) is -1.64. The Bertz CT molecular complexity index is 514. The smallest absolute Gasteiger partial charge is 0.256 e. The lowest BCUT2D eigenvalue weighted by atomic mass is 10.4. The van der Waals surface area contributed by atoms with Crippen molar-refractivity contribution < 1.29 is 8.42 Å². The monoisotopic (exact) mass is 290 g/mol. The molecule has 100 valence electrons. The molecule has 2 rings (SSSR count). The SMILES string of the molecule is CN1CCN(NS(=O)(=O)c2cccnc2Cl)CC1. The van der Waals surface area contributed by atoms with Crippen LogP contribution in [0.25, 0.3) is 0 Å². The maximum absolute atomic E-state index is 12.1. The van der Waals surface area contributed by atoms with E-state index in [1.165, 1.54) is 12.3 Å². The molecule has 0 amide bonds. The van der Waals surface area contributed by atoms with E-state index in [1.54, 1.807) is 11.1 Å². The molecule has 0 bridgehead atoms. The summed E-state index contributed by atoms with van der Waals surface area (Å²) in [6, 6.07) is 2.98. The molecule has 6 nitrogen and oxygen atoms in total. The fourth-order valence-electron chi connectivity index (χ4n) is 1.69. The molecule has 1 aliphatic heterocycles. The zero-order chi connectivity index (χ0) is 13.2. The number of halogens is 1. The summed E-state index contributed by atoms with van der Waals surface area (Å²) in [5.74, 6) is 0. The van der Waals surface area contributed by atoms with Gasteiger partial charge in [0, 0.05) is 32.4 Å². The molecule has 0 radical (unpaired) electrons. The van der Waals surface area contributed by atoms with E-state index in [1.807, 2.05) is 7.05 Å². The molecule has 8 heteroatoms. The van der Waals surface area contributed by atoms with Gasteiger partial charge in [-0.25, -0.2) is 18.4 Å². The van der Waals surface area contributed by atoms with Crippen LogP contribution in [-0.4, -0.2) is 56.5 Å². The van der Waals surface area contributed by atoms with Crippen molar-refractivity contribution >= 4 is 21.6 Å². The number of hydrogen-bond donors (Lipinski definition) is 1. The molecule has 0 aliphatic carbocycles. The van der Waals surface area contributed by atoms with Crippen molar-refractivity contribution in [3.63, 3.8) is 0 Å². The number of piperazine rings is 1. The minimum atomic E-state index is -3.65. The van der Waals surface area contributed by atoms with Gasteiger partial charge >= 0.3 is 0 Å². The van der Waals surface area contributed by atoms with Crippen molar-refractivity contribution in [2.45, 2.75) is 4.90 Å². The summed E-state index contributed by atoms with van der Waals surface area (Å²) in [5.41, 5.74) is 0. The van der Waals surface area contributed by atoms with E-state index in [0.717, 1.165) is 13.1 Å². The average Bonchev–Trinajstić information content (AvgIpc) is 2.32. The predicted octanol–water partition coefficient (Wildman–Crippen LogP) is 0.176. The average molecular weight is 291 g/mol. The maximum Gasteiger partial charge on any atom is 0.256 e. The zero-order valence-electron chi connectivity index (χ0n) is 10.0. The normalized spacial score (nSPS) is 19.0. The third-order valence-electron chi connectivity index (χ3n) is 2.77. The van der Waals surface area contributed by atoms with Crippen molar-refractivity contribution in [3.8, 4) is 0 Å². The van der Waals surface area contributed by atoms with E-state index in [4.69, 9.17) is 11.6 Å². The molecule has 2 heterocycles. The van der Waals surface area contributed by atoms with Crippen molar-refractivity contribution in [3.05, 3.63) is 23.5 Å². The van der Waals surface area contributed by atoms with Crippen LogP contribution >= 0.6 is 11.6 Å². The van der Waals surface area contributed by atoms with Crippen LogP contribution in [0.15, 0.2) is 23.2 Å².